The summed E-state index contributed by atoms with van der Waals surface area (Å²) in [7, 11) is 0. The van der Waals surface area contributed by atoms with Crippen molar-refractivity contribution in [3.63, 3.8) is 0 Å². The van der Waals surface area contributed by atoms with Crippen molar-refractivity contribution in [3.8, 4) is 0 Å². The predicted octanol–water partition coefficient (Wildman–Crippen LogP) is 1.58. The second kappa shape index (κ2) is 3.47. The smallest absolute Gasteiger partial charge is 0.00492 e. The number of thiol groups is 1. The van der Waals surface area contributed by atoms with Gasteiger partial charge in [0.05, 0.1) is 0 Å². The topological polar surface area (TPSA) is 26.0 Å². The molecule has 0 bridgehead atoms. The maximum atomic E-state index is 5.78. The van der Waals surface area contributed by atoms with E-state index < -0.39 is 0 Å². The Labute approximate surface area is 62.4 Å². The molecule has 1 nitrogen and oxygen atoms in total. The summed E-state index contributed by atoms with van der Waals surface area (Å²) in [5.74, 6) is 0. The third kappa shape index (κ3) is 2.59. The lowest BCUT2D eigenvalue weighted by atomic mass is 10.1. The molecule has 2 N–H and O–H groups in total. The van der Waals surface area contributed by atoms with Gasteiger partial charge < -0.3 is 5.73 Å². The molecule has 0 aromatic carbocycles. The average Bonchev–Trinajstić information content (AvgIpc) is 1.93. The van der Waals surface area contributed by atoms with Crippen LogP contribution in [-0.2, 0) is 0 Å². The summed E-state index contributed by atoms with van der Waals surface area (Å²) in [6.07, 6.45) is 6.21. The van der Waals surface area contributed by atoms with E-state index in [-0.39, 0.29) is 0 Å². The molecule has 0 aliphatic heterocycles. The Morgan fingerprint density at radius 3 is 2.67 bits per heavy atom. The number of nitrogens with two attached hydrogens (primary N) is 1. The van der Waals surface area contributed by atoms with Crippen LogP contribution >= 0.6 is 12.6 Å². The van der Waals surface area contributed by atoms with Crippen LogP contribution in [0.1, 0.15) is 32.1 Å². The van der Waals surface area contributed by atoms with E-state index in [2.05, 4.69) is 12.6 Å². The fourth-order valence-corrected chi connectivity index (χ4v) is 1.83. The molecule has 0 amide bonds. The van der Waals surface area contributed by atoms with Gasteiger partial charge in [-0.15, -0.1) is 0 Å². The molecule has 0 heterocycles. The summed E-state index contributed by atoms with van der Waals surface area (Å²) in [6.45, 7) is 0. The van der Waals surface area contributed by atoms with E-state index in [1.54, 1.807) is 0 Å². The quantitative estimate of drug-likeness (QED) is 0.393. The molecule has 2 heteroatoms. The van der Waals surface area contributed by atoms with Crippen molar-refractivity contribution in [1.29, 1.82) is 0 Å². The molecule has 2 atom stereocenters. The fraction of sp³-hybridized carbons (Fsp3) is 1.00. The van der Waals surface area contributed by atoms with Crippen LogP contribution in [0.4, 0.5) is 0 Å². The summed E-state index contributed by atoms with van der Waals surface area (Å²) in [5, 5.41) is 0.572. The second-order valence-electron chi connectivity index (χ2n) is 2.93. The van der Waals surface area contributed by atoms with Gasteiger partial charge in [-0.3, -0.25) is 0 Å². The first-order valence-electron chi connectivity index (χ1n) is 3.72. The van der Waals surface area contributed by atoms with E-state index in [0.29, 0.717) is 11.3 Å². The zero-order valence-corrected chi connectivity index (χ0v) is 6.61. The predicted molar refractivity (Wildman–Crippen MR) is 43.8 cm³/mol. The first kappa shape index (κ1) is 7.42. The van der Waals surface area contributed by atoms with E-state index in [4.69, 9.17) is 5.73 Å². The standard InChI is InChI=1S/C7H15NS/c8-6-3-1-2-4-7(9)5-6/h6-7,9H,1-5,8H2. The van der Waals surface area contributed by atoms with Crippen molar-refractivity contribution in [2.75, 3.05) is 0 Å². The van der Waals surface area contributed by atoms with Crippen LogP contribution in [0.5, 0.6) is 0 Å². The van der Waals surface area contributed by atoms with Crippen LogP contribution < -0.4 is 5.73 Å². The SMILES string of the molecule is NC1CCCCC(S)C1. The van der Waals surface area contributed by atoms with Gasteiger partial charge in [0, 0.05) is 11.3 Å². The van der Waals surface area contributed by atoms with Gasteiger partial charge >= 0.3 is 0 Å². The van der Waals surface area contributed by atoms with Crippen molar-refractivity contribution in [2.24, 2.45) is 5.73 Å². The van der Waals surface area contributed by atoms with Crippen LogP contribution in [0.2, 0.25) is 0 Å². The summed E-state index contributed by atoms with van der Waals surface area (Å²) >= 11 is 4.41. The van der Waals surface area contributed by atoms with Gasteiger partial charge in [-0.25, -0.2) is 0 Å². The Kier molecular flexibility index (Phi) is 2.86. The van der Waals surface area contributed by atoms with Crippen LogP contribution in [0, 0.1) is 0 Å². The number of rotatable bonds is 0. The molecular weight excluding hydrogens is 130 g/mol. The minimum absolute atomic E-state index is 0.426. The van der Waals surface area contributed by atoms with E-state index in [1.165, 1.54) is 25.7 Å². The zero-order valence-electron chi connectivity index (χ0n) is 5.71. The molecule has 0 saturated heterocycles. The number of hydrogen-bond donors (Lipinski definition) is 2. The number of hydrogen-bond acceptors (Lipinski definition) is 2. The molecule has 0 aromatic heterocycles. The second-order valence-corrected chi connectivity index (χ2v) is 3.66. The fourth-order valence-electron chi connectivity index (χ4n) is 1.37. The Bertz CT molecular complexity index is 75.0. The van der Waals surface area contributed by atoms with Gasteiger partial charge in [0.25, 0.3) is 0 Å². The first-order valence-corrected chi connectivity index (χ1v) is 4.24. The molecule has 1 aliphatic carbocycles. The van der Waals surface area contributed by atoms with Gasteiger partial charge in [-0.1, -0.05) is 12.8 Å². The molecule has 0 radical (unpaired) electrons. The van der Waals surface area contributed by atoms with Crippen LogP contribution in [0.25, 0.3) is 0 Å². The molecule has 0 spiro atoms. The minimum atomic E-state index is 0.426. The third-order valence-corrected chi connectivity index (χ3v) is 2.41. The lowest BCUT2D eigenvalue weighted by Gasteiger charge is -2.09. The summed E-state index contributed by atoms with van der Waals surface area (Å²) in [6, 6.07) is 0.426. The summed E-state index contributed by atoms with van der Waals surface area (Å²) in [5.41, 5.74) is 5.78. The Morgan fingerprint density at radius 1 is 1.22 bits per heavy atom. The summed E-state index contributed by atoms with van der Waals surface area (Å²) < 4.78 is 0. The van der Waals surface area contributed by atoms with E-state index in [0.717, 1.165) is 6.42 Å². The van der Waals surface area contributed by atoms with Crippen molar-refractivity contribution < 1.29 is 0 Å². The summed E-state index contributed by atoms with van der Waals surface area (Å²) in [4.78, 5) is 0. The van der Waals surface area contributed by atoms with Crippen molar-refractivity contribution in [3.05, 3.63) is 0 Å². The van der Waals surface area contributed by atoms with Crippen LogP contribution in [0.15, 0.2) is 0 Å². The highest BCUT2D eigenvalue weighted by atomic mass is 32.1. The van der Waals surface area contributed by atoms with E-state index in [1.807, 2.05) is 0 Å². The Hall–Kier alpha value is 0.310. The van der Waals surface area contributed by atoms with Crippen LogP contribution in [-0.4, -0.2) is 11.3 Å². The van der Waals surface area contributed by atoms with Gasteiger partial charge in [-0.2, -0.15) is 12.6 Å². The van der Waals surface area contributed by atoms with E-state index in [9.17, 15) is 0 Å². The molecule has 1 saturated carbocycles. The molecular formula is C7H15NS. The lowest BCUT2D eigenvalue weighted by Crippen LogP contribution is -2.21. The van der Waals surface area contributed by atoms with Gasteiger partial charge in [0.1, 0.15) is 0 Å². The third-order valence-electron chi connectivity index (χ3n) is 1.94. The van der Waals surface area contributed by atoms with Gasteiger partial charge in [-0.05, 0) is 19.3 Å². The van der Waals surface area contributed by atoms with Crippen molar-refractivity contribution in [2.45, 2.75) is 43.4 Å². The van der Waals surface area contributed by atoms with Crippen molar-refractivity contribution >= 4 is 12.6 Å². The highest BCUT2D eigenvalue weighted by Crippen LogP contribution is 2.20. The zero-order chi connectivity index (χ0) is 6.69. The average molecular weight is 145 g/mol. The molecule has 1 fully saturated rings. The van der Waals surface area contributed by atoms with Gasteiger partial charge in [0.2, 0.25) is 0 Å². The normalized spacial score (nSPS) is 38.0. The Balaban J connectivity index is 2.29. The molecule has 1 aliphatic rings. The molecule has 1 rings (SSSR count). The first-order chi connectivity index (χ1) is 4.29. The molecule has 0 aromatic rings. The van der Waals surface area contributed by atoms with Gasteiger partial charge in [0.15, 0.2) is 0 Å². The van der Waals surface area contributed by atoms with E-state index >= 15 is 0 Å². The Morgan fingerprint density at radius 2 is 1.89 bits per heavy atom. The maximum Gasteiger partial charge on any atom is 0.00492 e. The van der Waals surface area contributed by atoms with Crippen LogP contribution in [0.3, 0.4) is 0 Å². The highest BCUT2D eigenvalue weighted by molar-refractivity contribution is 7.80. The molecule has 9 heavy (non-hydrogen) atoms. The minimum Gasteiger partial charge on any atom is -0.328 e. The maximum absolute atomic E-state index is 5.78. The molecule has 2 unspecified atom stereocenters. The van der Waals surface area contributed by atoms with Crippen molar-refractivity contribution in [1.82, 2.24) is 0 Å². The lowest BCUT2D eigenvalue weighted by molar-refractivity contribution is 0.589. The highest BCUT2D eigenvalue weighted by Gasteiger charge is 2.13. The largest absolute Gasteiger partial charge is 0.328 e. The molecule has 54 valence electrons. The monoisotopic (exact) mass is 145 g/mol.